The van der Waals surface area contributed by atoms with Gasteiger partial charge in [0, 0.05) is 34.8 Å². The molecule has 0 atom stereocenters. The molecule has 4 aromatic rings. The van der Waals surface area contributed by atoms with E-state index in [-0.39, 0.29) is 11.7 Å². The number of hydrogen-bond donors (Lipinski definition) is 1. The lowest BCUT2D eigenvalue weighted by Crippen LogP contribution is -2.14. The predicted molar refractivity (Wildman–Crippen MR) is 150 cm³/mol. The second-order valence-corrected chi connectivity index (χ2v) is 10.6. The first-order valence-electron chi connectivity index (χ1n) is 12.6. The van der Waals surface area contributed by atoms with Crippen LogP contribution < -0.4 is 5.32 Å². The SMILES string of the molecule is Cc1ccc(-c2ccc3ncc(C(=O)C4CCCC4)c(Nc4ccc(CN(C)C)cc4)c3c2)cc1Cl. The highest BCUT2D eigenvalue weighted by Gasteiger charge is 2.27. The first-order valence-corrected chi connectivity index (χ1v) is 13.0. The zero-order valence-corrected chi connectivity index (χ0v) is 21.9. The van der Waals surface area contributed by atoms with Crippen molar-refractivity contribution in [2.75, 3.05) is 19.4 Å². The summed E-state index contributed by atoms with van der Waals surface area (Å²) in [5.41, 5.74) is 7.68. The number of carbonyl (C=O) groups excluding carboxylic acids is 1. The zero-order valence-electron chi connectivity index (χ0n) is 21.1. The van der Waals surface area contributed by atoms with Crippen molar-refractivity contribution in [3.8, 4) is 11.1 Å². The zero-order chi connectivity index (χ0) is 25.2. The Morgan fingerprint density at radius 3 is 2.39 bits per heavy atom. The molecule has 0 radical (unpaired) electrons. The Hall–Kier alpha value is -3.21. The minimum Gasteiger partial charge on any atom is -0.354 e. The minimum atomic E-state index is 0.0753. The van der Waals surface area contributed by atoms with Crippen molar-refractivity contribution in [3.05, 3.63) is 88.6 Å². The molecule has 36 heavy (non-hydrogen) atoms. The molecule has 184 valence electrons. The first kappa shape index (κ1) is 24.5. The smallest absolute Gasteiger partial charge is 0.169 e. The summed E-state index contributed by atoms with van der Waals surface area (Å²) >= 11 is 6.43. The van der Waals surface area contributed by atoms with Crippen LogP contribution in [0.3, 0.4) is 0 Å². The van der Waals surface area contributed by atoms with Gasteiger partial charge in [-0.15, -0.1) is 0 Å². The number of halogens is 1. The van der Waals surface area contributed by atoms with Gasteiger partial charge >= 0.3 is 0 Å². The van der Waals surface area contributed by atoms with Crippen molar-refractivity contribution < 1.29 is 4.79 Å². The highest BCUT2D eigenvalue weighted by Crippen LogP contribution is 2.37. The third kappa shape index (κ3) is 5.16. The number of fused-ring (bicyclic) bond motifs is 1. The van der Waals surface area contributed by atoms with Crippen LogP contribution in [0, 0.1) is 12.8 Å². The first-order chi connectivity index (χ1) is 17.4. The number of benzene rings is 3. The minimum absolute atomic E-state index is 0.0753. The molecule has 0 saturated heterocycles. The van der Waals surface area contributed by atoms with E-state index >= 15 is 0 Å². The highest BCUT2D eigenvalue weighted by atomic mass is 35.5. The number of Topliss-reactive ketones (excluding diaryl/α,β-unsaturated/α-hetero) is 1. The average Bonchev–Trinajstić information content (AvgIpc) is 3.41. The molecule has 3 aromatic carbocycles. The maximum atomic E-state index is 13.6. The number of anilines is 2. The van der Waals surface area contributed by atoms with Crippen LogP contribution in [0.2, 0.25) is 5.02 Å². The van der Waals surface area contributed by atoms with Crippen molar-refractivity contribution in [1.29, 1.82) is 0 Å². The molecule has 0 aliphatic heterocycles. The van der Waals surface area contributed by atoms with Gasteiger partial charge < -0.3 is 10.2 Å². The van der Waals surface area contributed by atoms with Gasteiger partial charge in [-0.05, 0) is 86.4 Å². The summed E-state index contributed by atoms with van der Waals surface area (Å²) < 4.78 is 0. The molecule has 1 aliphatic rings. The van der Waals surface area contributed by atoms with Gasteiger partial charge in [0.1, 0.15) is 0 Å². The van der Waals surface area contributed by atoms with E-state index in [9.17, 15) is 4.79 Å². The van der Waals surface area contributed by atoms with E-state index in [1.165, 1.54) is 5.56 Å². The van der Waals surface area contributed by atoms with Crippen molar-refractivity contribution in [2.45, 2.75) is 39.2 Å². The number of nitrogens with zero attached hydrogens (tertiary/aromatic N) is 2. The maximum Gasteiger partial charge on any atom is 0.169 e. The molecular weight excluding hydrogens is 466 g/mol. The quantitative estimate of drug-likeness (QED) is 0.262. The van der Waals surface area contributed by atoms with E-state index in [0.717, 1.165) is 76.2 Å². The van der Waals surface area contributed by atoms with Gasteiger partial charge in [-0.3, -0.25) is 9.78 Å². The van der Waals surface area contributed by atoms with Crippen LogP contribution in [-0.4, -0.2) is 29.8 Å². The number of ketones is 1. The summed E-state index contributed by atoms with van der Waals surface area (Å²) in [6, 6.07) is 20.7. The third-order valence-corrected chi connectivity index (χ3v) is 7.49. The predicted octanol–water partition coefficient (Wildman–Crippen LogP) is 8.04. The summed E-state index contributed by atoms with van der Waals surface area (Å²) in [6.45, 7) is 2.88. The van der Waals surface area contributed by atoms with Crippen molar-refractivity contribution >= 4 is 39.7 Å². The standard InChI is InChI=1S/C31H32ClN3O/c1-20-8-11-24(17-28(20)32)23-12-15-29-26(16-23)30(27(18-33-29)31(36)22-6-4-5-7-22)34-25-13-9-21(10-14-25)19-35(2)3/h8-18,22H,4-7,19H2,1-3H3,(H,33,34). The molecule has 1 aromatic heterocycles. The summed E-state index contributed by atoms with van der Waals surface area (Å²) in [7, 11) is 4.13. The van der Waals surface area contributed by atoms with E-state index in [4.69, 9.17) is 16.6 Å². The fourth-order valence-corrected chi connectivity index (χ4v) is 5.26. The molecule has 5 rings (SSSR count). The molecule has 0 unspecified atom stereocenters. The fraction of sp³-hybridized carbons (Fsp3) is 0.290. The Morgan fingerprint density at radius 2 is 1.69 bits per heavy atom. The summed E-state index contributed by atoms with van der Waals surface area (Å²) in [5, 5.41) is 5.28. The van der Waals surface area contributed by atoms with Gasteiger partial charge in [0.15, 0.2) is 5.78 Å². The lowest BCUT2D eigenvalue weighted by molar-refractivity contribution is 0.0923. The monoisotopic (exact) mass is 497 g/mol. The Bertz CT molecular complexity index is 1410. The topological polar surface area (TPSA) is 45.2 Å². The Labute approximate surface area is 218 Å². The Kier molecular flexibility index (Phi) is 7.08. The van der Waals surface area contributed by atoms with Crippen molar-refractivity contribution in [1.82, 2.24) is 9.88 Å². The molecule has 1 fully saturated rings. The van der Waals surface area contributed by atoms with Gasteiger partial charge in [-0.25, -0.2) is 0 Å². The van der Waals surface area contributed by atoms with Crippen LogP contribution in [0.15, 0.2) is 66.9 Å². The average molecular weight is 498 g/mol. The molecule has 0 bridgehead atoms. The number of pyridine rings is 1. The molecule has 0 amide bonds. The molecule has 4 nitrogen and oxygen atoms in total. The lowest BCUT2D eigenvalue weighted by atomic mass is 9.93. The molecule has 1 saturated carbocycles. The number of aryl methyl sites for hydroxylation is 1. The number of hydrogen-bond acceptors (Lipinski definition) is 4. The van der Waals surface area contributed by atoms with Crippen LogP contribution in [0.1, 0.15) is 47.2 Å². The molecule has 1 N–H and O–H groups in total. The van der Waals surface area contributed by atoms with E-state index in [2.05, 4.69) is 66.8 Å². The fourth-order valence-electron chi connectivity index (χ4n) is 5.08. The maximum absolute atomic E-state index is 13.6. The van der Waals surface area contributed by atoms with E-state index in [1.807, 2.05) is 25.1 Å². The van der Waals surface area contributed by atoms with Crippen LogP contribution in [0.25, 0.3) is 22.0 Å². The van der Waals surface area contributed by atoms with Gasteiger partial charge in [-0.2, -0.15) is 0 Å². The summed E-state index contributed by atoms with van der Waals surface area (Å²) in [4.78, 5) is 20.5. The van der Waals surface area contributed by atoms with Crippen LogP contribution in [0.4, 0.5) is 11.4 Å². The molecule has 1 heterocycles. The van der Waals surface area contributed by atoms with Gasteiger partial charge in [-0.1, -0.05) is 54.8 Å². The molecule has 1 aliphatic carbocycles. The number of aromatic nitrogens is 1. The Balaban J connectivity index is 1.61. The largest absolute Gasteiger partial charge is 0.354 e. The van der Waals surface area contributed by atoms with Crippen LogP contribution >= 0.6 is 11.6 Å². The van der Waals surface area contributed by atoms with E-state index < -0.39 is 0 Å². The number of rotatable bonds is 7. The number of carbonyl (C=O) groups is 1. The Morgan fingerprint density at radius 1 is 1.00 bits per heavy atom. The second-order valence-electron chi connectivity index (χ2n) is 10.1. The molecular formula is C31H32ClN3O. The molecule has 5 heteroatoms. The van der Waals surface area contributed by atoms with Gasteiger partial charge in [0.2, 0.25) is 0 Å². The summed E-state index contributed by atoms with van der Waals surface area (Å²) in [6.07, 6.45) is 5.90. The van der Waals surface area contributed by atoms with E-state index in [1.54, 1.807) is 6.20 Å². The van der Waals surface area contributed by atoms with Crippen molar-refractivity contribution in [3.63, 3.8) is 0 Å². The van der Waals surface area contributed by atoms with Crippen molar-refractivity contribution in [2.24, 2.45) is 5.92 Å². The van der Waals surface area contributed by atoms with Crippen LogP contribution in [-0.2, 0) is 6.54 Å². The lowest BCUT2D eigenvalue weighted by Gasteiger charge is -2.18. The van der Waals surface area contributed by atoms with Gasteiger partial charge in [0.25, 0.3) is 0 Å². The van der Waals surface area contributed by atoms with Gasteiger partial charge in [0.05, 0.1) is 16.8 Å². The third-order valence-electron chi connectivity index (χ3n) is 7.09. The second kappa shape index (κ2) is 10.4. The summed E-state index contributed by atoms with van der Waals surface area (Å²) in [5.74, 6) is 0.267. The van der Waals surface area contributed by atoms with Crippen LogP contribution in [0.5, 0.6) is 0 Å². The normalized spacial score (nSPS) is 14.0. The van der Waals surface area contributed by atoms with E-state index in [0.29, 0.717) is 5.56 Å². The molecule has 0 spiro atoms. The highest BCUT2D eigenvalue weighted by molar-refractivity contribution is 6.31. The number of nitrogens with one attached hydrogen (secondary N) is 1.